The molecule has 6 heteroatoms. The van der Waals surface area contributed by atoms with Gasteiger partial charge in [0.05, 0.1) is 18.1 Å². The average Bonchev–Trinajstić information content (AvgIpc) is 3.18. The first kappa shape index (κ1) is 16.5. The van der Waals surface area contributed by atoms with Gasteiger partial charge >= 0.3 is 5.97 Å². The molecule has 3 heterocycles. The van der Waals surface area contributed by atoms with Gasteiger partial charge in [-0.15, -0.1) is 6.58 Å². The minimum atomic E-state index is -0.985. The van der Waals surface area contributed by atoms with E-state index in [0.717, 1.165) is 15.7 Å². The van der Waals surface area contributed by atoms with Crippen molar-refractivity contribution in [2.24, 2.45) is 11.8 Å². The van der Waals surface area contributed by atoms with Gasteiger partial charge in [-0.05, 0) is 37.6 Å². The van der Waals surface area contributed by atoms with E-state index in [1.165, 1.54) is 0 Å². The molecule has 25 heavy (non-hydrogen) atoms. The Balaban J connectivity index is 1.84. The second kappa shape index (κ2) is 5.54. The first-order valence-electron chi connectivity index (χ1n) is 8.18. The van der Waals surface area contributed by atoms with Crippen molar-refractivity contribution in [3.63, 3.8) is 0 Å². The van der Waals surface area contributed by atoms with Crippen molar-refractivity contribution in [2.45, 2.75) is 31.1 Å². The molecule has 5 atom stereocenters. The van der Waals surface area contributed by atoms with Crippen LogP contribution in [0.5, 0.6) is 0 Å². The summed E-state index contributed by atoms with van der Waals surface area (Å²) in [4.78, 5) is 26.8. The molecule has 1 aromatic rings. The lowest BCUT2D eigenvalue weighted by Crippen LogP contribution is -2.45. The van der Waals surface area contributed by atoms with Crippen LogP contribution in [-0.4, -0.2) is 34.7 Å². The second-order valence-electron chi connectivity index (χ2n) is 7.00. The predicted octanol–water partition coefficient (Wildman–Crippen LogP) is 3.15. The monoisotopic (exact) mass is 403 g/mol. The number of carboxylic acid groups (broad SMARTS) is 1. The summed E-state index contributed by atoms with van der Waals surface area (Å²) >= 11 is 3.40. The number of aliphatic carboxylic acids is 1. The fourth-order valence-corrected chi connectivity index (χ4v) is 4.69. The summed E-state index contributed by atoms with van der Waals surface area (Å²) in [5.74, 6) is -2.72. The molecule has 1 aromatic carbocycles. The number of rotatable bonds is 4. The van der Waals surface area contributed by atoms with E-state index in [2.05, 4.69) is 22.5 Å². The van der Waals surface area contributed by atoms with Crippen molar-refractivity contribution in [3.05, 3.63) is 53.0 Å². The zero-order valence-electron chi connectivity index (χ0n) is 13.7. The summed E-state index contributed by atoms with van der Waals surface area (Å²) in [6.07, 6.45) is 3.71. The molecule has 130 valence electrons. The summed E-state index contributed by atoms with van der Waals surface area (Å²) in [7, 11) is 0. The van der Waals surface area contributed by atoms with Gasteiger partial charge in [0, 0.05) is 10.2 Å². The van der Waals surface area contributed by atoms with E-state index in [1.54, 1.807) is 11.0 Å². The molecule has 3 aliphatic heterocycles. The fraction of sp³-hybridized carbons (Fsp3) is 0.368. The zero-order valence-corrected chi connectivity index (χ0v) is 15.3. The Morgan fingerprint density at radius 2 is 2.08 bits per heavy atom. The topological polar surface area (TPSA) is 66.8 Å². The second-order valence-corrected chi connectivity index (χ2v) is 7.91. The van der Waals surface area contributed by atoms with E-state index in [1.807, 2.05) is 37.3 Å². The Bertz CT molecular complexity index is 802. The van der Waals surface area contributed by atoms with Crippen LogP contribution in [0, 0.1) is 11.8 Å². The van der Waals surface area contributed by atoms with Crippen LogP contribution in [-0.2, 0) is 14.3 Å². The number of hydrogen-bond donors (Lipinski definition) is 1. The van der Waals surface area contributed by atoms with Gasteiger partial charge in [-0.3, -0.25) is 9.59 Å². The van der Waals surface area contributed by atoms with Crippen molar-refractivity contribution < 1.29 is 19.4 Å². The normalized spacial score (nSPS) is 35.3. The molecule has 5 nitrogen and oxygen atoms in total. The highest BCUT2D eigenvalue weighted by molar-refractivity contribution is 9.10. The van der Waals surface area contributed by atoms with Crippen LogP contribution in [0.15, 0.2) is 53.0 Å². The maximum atomic E-state index is 13.3. The Morgan fingerprint density at radius 3 is 2.68 bits per heavy atom. The van der Waals surface area contributed by atoms with Gasteiger partial charge in [0.15, 0.2) is 0 Å². The van der Waals surface area contributed by atoms with Crippen LogP contribution in [0.25, 0.3) is 0 Å². The maximum Gasteiger partial charge on any atom is 0.310 e. The van der Waals surface area contributed by atoms with Gasteiger partial charge in [0.2, 0.25) is 5.91 Å². The third kappa shape index (κ3) is 2.24. The molecular weight excluding hydrogens is 386 g/mol. The number of carbonyl (C=O) groups is 2. The fourth-order valence-electron chi connectivity index (χ4n) is 4.42. The van der Waals surface area contributed by atoms with Gasteiger partial charge < -0.3 is 14.7 Å². The Kier molecular flexibility index (Phi) is 3.67. The van der Waals surface area contributed by atoms with Crippen molar-refractivity contribution in [1.29, 1.82) is 0 Å². The van der Waals surface area contributed by atoms with Crippen LogP contribution < -0.4 is 4.90 Å². The standard InChI is InChI=1S/C19H18BrNO4/c1-10(2)9-14-19-8-7-13(25-19)15(18(23)24)16(19)17(22)21(14)12-5-3-11(20)4-6-12/h3-8,13-16H,1,9H2,2H3,(H,23,24)/t13-,14+,15+,16+,19-/m1/s1. The molecule has 0 unspecified atom stereocenters. The molecule has 2 fully saturated rings. The van der Waals surface area contributed by atoms with Crippen molar-refractivity contribution >= 4 is 33.5 Å². The molecular formula is C19H18BrNO4. The summed E-state index contributed by atoms with van der Waals surface area (Å²) in [5, 5.41) is 9.65. The maximum absolute atomic E-state index is 13.3. The number of carbonyl (C=O) groups excluding carboxylic acids is 1. The summed E-state index contributed by atoms with van der Waals surface area (Å²) in [6, 6.07) is 7.16. The van der Waals surface area contributed by atoms with Crippen molar-refractivity contribution in [2.75, 3.05) is 4.90 Å². The van der Waals surface area contributed by atoms with Crippen LogP contribution >= 0.6 is 15.9 Å². The molecule has 3 aliphatic rings. The van der Waals surface area contributed by atoms with Crippen LogP contribution in [0.2, 0.25) is 0 Å². The van der Waals surface area contributed by atoms with E-state index >= 15 is 0 Å². The van der Waals surface area contributed by atoms with E-state index in [4.69, 9.17) is 4.74 Å². The Morgan fingerprint density at radius 1 is 1.40 bits per heavy atom. The number of anilines is 1. The summed E-state index contributed by atoms with van der Waals surface area (Å²) in [6.45, 7) is 5.90. The minimum Gasteiger partial charge on any atom is -0.481 e. The van der Waals surface area contributed by atoms with E-state index in [9.17, 15) is 14.7 Å². The average molecular weight is 404 g/mol. The number of carboxylic acids is 1. The highest BCUT2D eigenvalue weighted by Crippen LogP contribution is 2.56. The number of fused-ring (bicyclic) bond motifs is 1. The minimum absolute atomic E-state index is 0.187. The summed E-state index contributed by atoms with van der Waals surface area (Å²) in [5.41, 5.74) is 0.776. The van der Waals surface area contributed by atoms with Gasteiger partial charge in [-0.25, -0.2) is 0 Å². The molecule has 2 bridgehead atoms. The molecule has 0 aliphatic carbocycles. The van der Waals surface area contributed by atoms with Crippen molar-refractivity contribution in [3.8, 4) is 0 Å². The van der Waals surface area contributed by atoms with E-state index in [-0.39, 0.29) is 11.9 Å². The first-order chi connectivity index (χ1) is 11.8. The van der Waals surface area contributed by atoms with Crippen LogP contribution in [0.3, 0.4) is 0 Å². The van der Waals surface area contributed by atoms with Gasteiger partial charge in [0.1, 0.15) is 11.5 Å². The number of halogens is 1. The third-order valence-electron chi connectivity index (χ3n) is 5.35. The molecule has 1 N–H and O–H groups in total. The zero-order chi connectivity index (χ0) is 17.9. The molecule has 4 rings (SSSR count). The number of hydrogen-bond acceptors (Lipinski definition) is 3. The Labute approximate surface area is 154 Å². The molecule has 2 saturated heterocycles. The quantitative estimate of drug-likeness (QED) is 0.784. The summed E-state index contributed by atoms with van der Waals surface area (Å²) < 4.78 is 7.03. The molecule has 0 aromatic heterocycles. The Hall–Kier alpha value is -1.92. The lowest BCUT2D eigenvalue weighted by atomic mass is 9.74. The lowest BCUT2D eigenvalue weighted by Gasteiger charge is -2.33. The number of benzene rings is 1. The van der Waals surface area contributed by atoms with E-state index < -0.39 is 29.5 Å². The SMILES string of the molecule is C=C(C)C[C@@H]1N(c2ccc(Br)cc2)C(=O)[C@@H]2[C@@H](C(=O)O)[C@H]3C=C[C@]21O3. The third-order valence-corrected chi connectivity index (χ3v) is 5.88. The smallest absolute Gasteiger partial charge is 0.310 e. The molecule has 1 spiro atoms. The number of amides is 1. The predicted molar refractivity (Wildman–Crippen MR) is 96.2 cm³/mol. The van der Waals surface area contributed by atoms with Gasteiger partial charge in [-0.2, -0.15) is 0 Å². The van der Waals surface area contributed by atoms with Crippen LogP contribution in [0.4, 0.5) is 5.69 Å². The lowest BCUT2D eigenvalue weighted by molar-refractivity contribution is -0.146. The molecule has 0 radical (unpaired) electrons. The molecule has 0 saturated carbocycles. The number of ether oxygens (including phenoxy) is 1. The largest absolute Gasteiger partial charge is 0.481 e. The highest BCUT2D eigenvalue weighted by atomic mass is 79.9. The van der Waals surface area contributed by atoms with Gasteiger partial charge in [-0.1, -0.05) is 33.7 Å². The molecule has 1 amide bonds. The van der Waals surface area contributed by atoms with Crippen LogP contribution in [0.1, 0.15) is 13.3 Å². The first-order valence-corrected chi connectivity index (χ1v) is 8.97. The van der Waals surface area contributed by atoms with E-state index in [0.29, 0.717) is 6.42 Å². The van der Waals surface area contributed by atoms with Crippen molar-refractivity contribution in [1.82, 2.24) is 0 Å². The highest BCUT2D eigenvalue weighted by Gasteiger charge is 2.71. The van der Waals surface area contributed by atoms with Gasteiger partial charge in [0.25, 0.3) is 0 Å². The number of nitrogens with zero attached hydrogens (tertiary/aromatic N) is 1.